The van der Waals surface area contributed by atoms with Crippen LogP contribution in [0, 0.1) is 24.2 Å². The fraction of sp³-hybridized carbons (Fsp3) is 0.655. The van der Waals surface area contributed by atoms with E-state index in [0.29, 0.717) is 29.8 Å². The highest BCUT2D eigenvalue weighted by Crippen LogP contribution is 2.31. The number of urea groups is 1. The summed E-state index contributed by atoms with van der Waals surface area (Å²) in [6.45, 7) is 10.4. The predicted molar refractivity (Wildman–Crippen MR) is 166 cm³/mol. The van der Waals surface area contributed by atoms with Crippen molar-refractivity contribution in [3.8, 4) is 6.07 Å². The minimum atomic E-state index is -0.453. The molecule has 2 N–H and O–H groups in total. The highest BCUT2D eigenvalue weighted by atomic mass is 35.5. The first-order valence-electron chi connectivity index (χ1n) is 13.2. The van der Waals surface area contributed by atoms with Crippen molar-refractivity contribution in [2.75, 3.05) is 32.1 Å². The smallest absolute Gasteiger partial charge is 0.331 e. The average molecular weight is 568 g/mol. The van der Waals surface area contributed by atoms with E-state index in [4.69, 9.17) is 34.8 Å². The van der Waals surface area contributed by atoms with Crippen molar-refractivity contribution in [1.82, 2.24) is 9.80 Å². The Morgan fingerprint density at radius 1 is 1.21 bits per heavy atom. The van der Waals surface area contributed by atoms with Crippen LogP contribution in [-0.4, -0.2) is 60.5 Å². The number of nitrogens with zero attached hydrogens (tertiary/aromatic N) is 4. The van der Waals surface area contributed by atoms with Gasteiger partial charge in [-0.25, -0.2) is 9.69 Å². The molecule has 0 aliphatic heterocycles. The third kappa shape index (κ3) is 11.7. The van der Waals surface area contributed by atoms with Gasteiger partial charge in [-0.15, -0.1) is 0 Å². The van der Waals surface area contributed by atoms with Crippen LogP contribution in [0.4, 0.5) is 10.5 Å². The molecule has 0 bridgehead atoms. The van der Waals surface area contributed by atoms with Crippen LogP contribution in [0.2, 0.25) is 5.02 Å². The lowest BCUT2D eigenvalue weighted by atomic mass is 10.0. The van der Waals surface area contributed by atoms with Crippen LogP contribution in [-0.2, 0) is 4.79 Å². The number of hydrogen-bond acceptors (Lipinski definition) is 5. The first-order chi connectivity index (χ1) is 17.6. The SMILES string of the molecule is C.CC.CCC(CN(C)C=S)N(C)C(=O)N(C(C)=O)c1ccc(C#N)c(Cl)c1C.NCC1CCCCCC1. The second-order valence-electron chi connectivity index (χ2n) is 9.13. The molecule has 1 aromatic carbocycles. The number of carbonyl (C=O) groups is 2. The highest BCUT2D eigenvalue weighted by molar-refractivity contribution is 7.78. The molecular formula is C29H50ClN5O2S. The number of hydrogen-bond donors (Lipinski definition) is 1. The summed E-state index contributed by atoms with van der Waals surface area (Å²) in [5, 5.41) is 9.32. The lowest BCUT2D eigenvalue weighted by Crippen LogP contribution is -2.51. The van der Waals surface area contributed by atoms with Gasteiger partial charge in [0.2, 0.25) is 5.91 Å². The maximum Gasteiger partial charge on any atom is 0.331 e. The molecule has 1 aromatic rings. The van der Waals surface area contributed by atoms with Crippen molar-refractivity contribution in [3.05, 3.63) is 28.3 Å². The van der Waals surface area contributed by atoms with Gasteiger partial charge in [0.05, 0.1) is 27.8 Å². The molecular weight excluding hydrogens is 518 g/mol. The molecule has 7 nitrogen and oxygen atoms in total. The van der Waals surface area contributed by atoms with Crippen LogP contribution >= 0.6 is 23.8 Å². The van der Waals surface area contributed by atoms with E-state index in [9.17, 15) is 9.59 Å². The van der Waals surface area contributed by atoms with Crippen molar-refractivity contribution < 1.29 is 9.59 Å². The topological polar surface area (TPSA) is 93.7 Å². The zero-order valence-electron chi connectivity index (χ0n) is 23.7. The Labute approximate surface area is 242 Å². The van der Waals surface area contributed by atoms with E-state index >= 15 is 0 Å². The van der Waals surface area contributed by atoms with Crippen LogP contribution in [0.25, 0.3) is 0 Å². The van der Waals surface area contributed by atoms with Gasteiger partial charge in [-0.1, -0.05) is 77.7 Å². The van der Waals surface area contributed by atoms with Crippen molar-refractivity contribution in [2.24, 2.45) is 11.7 Å². The number of thiocarbonyl (C=S) groups is 1. The number of nitriles is 1. The van der Waals surface area contributed by atoms with E-state index in [1.807, 2.05) is 38.8 Å². The minimum absolute atomic E-state index is 0. The predicted octanol–water partition coefficient (Wildman–Crippen LogP) is 7.17. The van der Waals surface area contributed by atoms with Gasteiger partial charge in [0.15, 0.2) is 0 Å². The second-order valence-corrected chi connectivity index (χ2v) is 9.72. The zero-order chi connectivity index (χ0) is 28.5. The fourth-order valence-electron chi connectivity index (χ4n) is 4.23. The van der Waals surface area contributed by atoms with Gasteiger partial charge in [-0.3, -0.25) is 4.79 Å². The Hall–Kier alpha value is -2.21. The number of halogens is 1. The molecule has 38 heavy (non-hydrogen) atoms. The van der Waals surface area contributed by atoms with Crippen LogP contribution < -0.4 is 10.6 Å². The Bertz CT molecular complexity index is 898. The molecule has 216 valence electrons. The van der Waals surface area contributed by atoms with Gasteiger partial charge in [0, 0.05) is 27.6 Å². The summed E-state index contributed by atoms with van der Waals surface area (Å²) in [6.07, 6.45) is 9.19. The van der Waals surface area contributed by atoms with Gasteiger partial charge < -0.3 is 15.5 Å². The molecule has 3 amide bonds. The molecule has 1 unspecified atom stereocenters. The van der Waals surface area contributed by atoms with E-state index in [1.54, 1.807) is 20.0 Å². The summed E-state index contributed by atoms with van der Waals surface area (Å²) in [5.74, 6) is 0.427. The summed E-state index contributed by atoms with van der Waals surface area (Å²) in [4.78, 5) is 29.7. The second kappa shape index (κ2) is 20.7. The molecule has 0 spiro atoms. The number of nitrogens with two attached hydrogens (primary N) is 1. The van der Waals surface area contributed by atoms with Crippen LogP contribution in [0.3, 0.4) is 0 Å². The van der Waals surface area contributed by atoms with Crippen molar-refractivity contribution in [2.45, 2.75) is 93.0 Å². The maximum absolute atomic E-state index is 13.0. The number of imide groups is 1. The molecule has 0 radical (unpaired) electrons. The highest BCUT2D eigenvalue weighted by Gasteiger charge is 2.29. The van der Waals surface area contributed by atoms with Gasteiger partial charge in [-0.2, -0.15) is 5.26 Å². The first kappa shape index (κ1) is 37.9. The van der Waals surface area contributed by atoms with E-state index in [0.717, 1.165) is 17.4 Å². The zero-order valence-corrected chi connectivity index (χ0v) is 25.3. The third-order valence-electron chi connectivity index (χ3n) is 6.53. The molecule has 0 aromatic heterocycles. The van der Waals surface area contributed by atoms with Gasteiger partial charge in [0.25, 0.3) is 0 Å². The van der Waals surface area contributed by atoms with E-state index in [-0.39, 0.29) is 18.5 Å². The number of amides is 3. The normalized spacial score (nSPS) is 13.5. The Kier molecular flexibility index (Phi) is 20.7. The maximum atomic E-state index is 13.0. The number of likely N-dealkylation sites (N-methyl/N-ethyl adjacent to an activating group) is 2. The molecule has 0 saturated heterocycles. The quantitative estimate of drug-likeness (QED) is 0.277. The summed E-state index contributed by atoms with van der Waals surface area (Å²) < 4.78 is 0. The van der Waals surface area contributed by atoms with Gasteiger partial charge >= 0.3 is 6.03 Å². The van der Waals surface area contributed by atoms with Crippen LogP contribution in [0.1, 0.15) is 91.2 Å². The summed E-state index contributed by atoms with van der Waals surface area (Å²) in [6, 6.07) is 4.49. The van der Waals surface area contributed by atoms with Crippen molar-refractivity contribution in [3.63, 3.8) is 0 Å². The standard InChI is InChI=1S/C18H23ClN4O2S.C8H17N.C2H6.CH4/c1-6-15(10-21(4)11-26)22(5)18(25)23(13(3)24)16-8-7-14(9-20)17(19)12(16)2;9-7-8-5-3-1-2-4-6-8;1-2;/h7-8,11,15H,6,10H2,1-5H3;8H,1-7,9H2;1-2H3;1H4. The lowest BCUT2D eigenvalue weighted by molar-refractivity contribution is -0.116. The largest absolute Gasteiger partial charge is 0.370 e. The average Bonchev–Trinajstić information content (AvgIpc) is 3.19. The lowest BCUT2D eigenvalue weighted by Gasteiger charge is -2.34. The van der Waals surface area contributed by atoms with Gasteiger partial charge in [-0.05, 0) is 56.3 Å². The third-order valence-corrected chi connectivity index (χ3v) is 7.38. The summed E-state index contributed by atoms with van der Waals surface area (Å²) in [5.41, 5.74) is 8.27. The molecule has 1 atom stereocenters. The van der Waals surface area contributed by atoms with E-state index in [2.05, 4.69) is 0 Å². The molecule has 0 heterocycles. The van der Waals surface area contributed by atoms with Crippen LogP contribution in [0.5, 0.6) is 0 Å². The fourth-order valence-corrected chi connectivity index (χ4v) is 4.51. The molecule has 1 saturated carbocycles. The Morgan fingerprint density at radius 2 is 1.76 bits per heavy atom. The molecule has 1 fully saturated rings. The number of rotatable bonds is 7. The minimum Gasteiger partial charge on any atom is -0.370 e. The summed E-state index contributed by atoms with van der Waals surface area (Å²) >= 11 is 11.1. The summed E-state index contributed by atoms with van der Waals surface area (Å²) in [7, 11) is 3.49. The number of anilines is 1. The van der Waals surface area contributed by atoms with Gasteiger partial charge in [0.1, 0.15) is 6.07 Å². The Balaban J connectivity index is 0. The van der Waals surface area contributed by atoms with Crippen molar-refractivity contribution >= 4 is 46.9 Å². The first-order valence-corrected chi connectivity index (χ1v) is 14.1. The Morgan fingerprint density at radius 3 is 2.18 bits per heavy atom. The molecule has 9 heteroatoms. The molecule has 1 aliphatic rings. The van der Waals surface area contributed by atoms with Crippen molar-refractivity contribution in [1.29, 1.82) is 5.26 Å². The molecule has 2 rings (SSSR count). The van der Waals surface area contributed by atoms with E-state index < -0.39 is 11.9 Å². The molecule has 1 aliphatic carbocycles. The number of carbonyl (C=O) groups excluding carboxylic acids is 2. The van der Waals surface area contributed by atoms with Crippen LogP contribution in [0.15, 0.2) is 12.1 Å². The monoisotopic (exact) mass is 567 g/mol. The van der Waals surface area contributed by atoms with E-state index in [1.165, 1.54) is 61.9 Å². The number of benzene rings is 1.